The van der Waals surface area contributed by atoms with Gasteiger partial charge in [0.1, 0.15) is 0 Å². The monoisotopic (exact) mass is 210 g/mol. The zero-order valence-corrected chi connectivity index (χ0v) is 9.57. The van der Waals surface area contributed by atoms with Crippen LogP contribution in [0.5, 0.6) is 0 Å². The minimum absolute atomic E-state index is 0.902. The van der Waals surface area contributed by atoms with Crippen molar-refractivity contribution in [2.75, 3.05) is 0 Å². The predicted octanol–water partition coefficient (Wildman–Crippen LogP) is 3.91. The zero-order chi connectivity index (χ0) is 11.5. The molecule has 0 aliphatic carbocycles. The zero-order valence-electron chi connectivity index (χ0n) is 9.57. The summed E-state index contributed by atoms with van der Waals surface area (Å²) in [6.45, 7) is 7.69. The van der Waals surface area contributed by atoms with Gasteiger partial charge in [-0.3, -0.25) is 9.98 Å². The highest BCUT2D eigenvalue weighted by Gasteiger charge is 2.05. The smallest absolute Gasteiger partial charge is 0.0967 e. The lowest BCUT2D eigenvalue weighted by molar-refractivity contribution is 1.25. The van der Waals surface area contributed by atoms with Crippen LogP contribution in [0.4, 0.5) is 5.69 Å². The average Bonchev–Trinajstić information content (AvgIpc) is 2.30. The van der Waals surface area contributed by atoms with E-state index in [1.54, 1.807) is 6.21 Å². The first-order chi connectivity index (χ1) is 7.76. The van der Waals surface area contributed by atoms with Crippen molar-refractivity contribution in [3.63, 3.8) is 0 Å². The Morgan fingerprint density at radius 2 is 2.00 bits per heavy atom. The van der Waals surface area contributed by atoms with Gasteiger partial charge in [0.15, 0.2) is 0 Å². The Morgan fingerprint density at radius 3 is 2.69 bits per heavy atom. The minimum Gasteiger partial charge on any atom is -0.259 e. The molecule has 2 aromatic rings. The number of rotatable bonds is 2. The molecule has 1 heterocycles. The van der Waals surface area contributed by atoms with E-state index in [-0.39, 0.29) is 0 Å². The van der Waals surface area contributed by atoms with Crippen molar-refractivity contribution in [3.05, 3.63) is 42.1 Å². The molecule has 1 aromatic heterocycles. The molecule has 0 aliphatic heterocycles. The molecule has 0 aliphatic rings. The lowest BCUT2D eigenvalue weighted by Gasteiger charge is -2.05. The van der Waals surface area contributed by atoms with E-state index >= 15 is 0 Å². The Morgan fingerprint density at radius 1 is 1.25 bits per heavy atom. The molecular formula is C14H14N2. The molecule has 2 heteroatoms. The number of hydrogen-bond acceptors (Lipinski definition) is 2. The van der Waals surface area contributed by atoms with E-state index in [0.29, 0.717) is 0 Å². The molecule has 0 spiro atoms. The number of pyridine rings is 1. The van der Waals surface area contributed by atoms with Crippen LogP contribution in [0, 0.1) is 6.92 Å². The maximum Gasteiger partial charge on any atom is 0.0967 e. The Balaban J connectivity index is 2.86. The molecule has 0 atom stereocenters. The van der Waals surface area contributed by atoms with Gasteiger partial charge in [-0.1, -0.05) is 30.9 Å². The number of fused-ring (bicyclic) bond motifs is 1. The molecular weight excluding hydrogens is 196 g/mol. The Labute approximate surface area is 95.4 Å². The highest BCUT2D eigenvalue weighted by Crippen LogP contribution is 2.29. The number of aromatic nitrogens is 1. The maximum atomic E-state index is 4.54. The minimum atomic E-state index is 0.902. The van der Waals surface area contributed by atoms with E-state index in [0.717, 1.165) is 27.8 Å². The van der Waals surface area contributed by atoms with E-state index in [9.17, 15) is 0 Å². The third kappa shape index (κ3) is 1.74. The summed E-state index contributed by atoms with van der Waals surface area (Å²) in [5.41, 5.74) is 3.86. The van der Waals surface area contributed by atoms with Crippen LogP contribution in [-0.2, 0) is 0 Å². The van der Waals surface area contributed by atoms with Gasteiger partial charge in [-0.15, -0.1) is 0 Å². The molecule has 0 bridgehead atoms. The molecule has 0 saturated heterocycles. The van der Waals surface area contributed by atoms with Gasteiger partial charge in [0.2, 0.25) is 0 Å². The van der Waals surface area contributed by atoms with E-state index in [1.165, 1.54) is 0 Å². The molecule has 80 valence electrons. The molecule has 0 unspecified atom stereocenters. The average molecular weight is 210 g/mol. The summed E-state index contributed by atoms with van der Waals surface area (Å²) in [4.78, 5) is 8.93. The predicted molar refractivity (Wildman–Crippen MR) is 70.4 cm³/mol. The van der Waals surface area contributed by atoms with E-state index in [1.807, 2.05) is 38.1 Å². The SMILES string of the molecule is C=Cc1ccc2ccc(C)nc2c1/N=C\C. The van der Waals surface area contributed by atoms with Gasteiger partial charge in [0, 0.05) is 22.9 Å². The first kappa shape index (κ1) is 10.6. The number of aryl methyl sites for hydroxylation is 1. The highest BCUT2D eigenvalue weighted by molar-refractivity contribution is 5.94. The second kappa shape index (κ2) is 4.27. The Kier molecular flexibility index (Phi) is 2.82. The summed E-state index contributed by atoms with van der Waals surface area (Å²) >= 11 is 0. The lowest BCUT2D eigenvalue weighted by atomic mass is 10.1. The van der Waals surface area contributed by atoms with Gasteiger partial charge in [-0.2, -0.15) is 0 Å². The van der Waals surface area contributed by atoms with E-state index < -0.39 is 0 Å². The Bertz CT molecular complexity index is 568. The maximum absolute atomic E-state index is 4.54. The summed E-state index contributed by atoms with van der Waals surface area (Å²) < 4.78 is 0. The molecule has 2 rings (SSSR count). The van der Waals surface area contributed by atoms with Gasteiger partial charge < -0.3 is 0 Å². The van der Waals surface area contributed by atoms with Crippen LogP contribution in [-0.4, -0.2) is 11.2 Å². The molecule has 0 saturated carbocycles. The van der Waals surface area contributed by atoms with Crippen LogP contribution >= 0.6 is 0 Å². The molecule has 0 amide bonds. The van der Waals surface area contributed by atoms with Crippen molar-refractivity contribution in [1.82, 2.24) is 4.98 Å². The molecule has 1 aromatic carbocycles. The molecule has 2 nitrogen and oxygen atoms in total. The van der Waals surface area contributed by atoms with Crippen LogP contribution < -0.4 is 0 Å². The summed E-state index contributed by atoms with van der Waals surface area (Å²) in [5.74, 6) is 0. The normalized spacial score (nSPS) is 11.1. The van der Waals surface area contributed by atoms with Gasteiger partial charge in [-0.25, -0.2) is 0 Å². The van der Waals surface area contributed by atoms with Gasteiger partial charge >= 0.3 is 0 Å². The summed E-state index contributed by atoms with van der Waals surface area (Å²) in [6, 6.07) is 8.15. The second-order valence-corrected chi connectivity index (χ2v) is 3.62. The van der Waals surface area contributed by atoms with Crippen LogP contribution in [0.1, 0.15) is 18.2 Å². The van der Waals surface area contributed by atoms with Crippen LogP contribution in [0.2, 0.25) is 0 Å². The highest BCUT2D eigenvalue weighted by atomic mass is 14.8. The topological polar surface area (TPSA) is 25.2 Å². The summed E-state index contributed by atoms with van der Waals surface area (Å²) in [6.07, 6.45) is 3.59. The second-order valence-electron chi connectivity index (χ2n) is 3.62. The van der Waals surface area contributed by atoms with Crippen molar-refractivity contribution in [2.24, 2.45) is 4.99 Å². The number of benzene rings is 1. The third-order valence-corrected chi connectivity index (χ3v) is 2.48. The summed E-state index contributed by atoms with van der Waals surface area (Å²) in [7, 11) is 0. The largest absolute Gasteiger partial charge is 0.259 e. The van der Waals surface area contributed by atoms with E-state index in [2.05, 4.69) is 22.6 Å². The van der Waals surface area contributed by atoms with Gasteiger partial charge in [-0.05, 0) is 19.9 Å². The van der Waals surface area contributed by atoms with Crippen LogP contribution in [0.25, 0.3) is 17.0 Å². The van der Waals surface area contributed by atoms with Crippen LogP contribution in [0.3, 0.4) is 0 Å². The summed E-state index contributed by atoms with van der Waals surface area (Å²) in [5, 5.41) is 1.11. The molecule has 0 N–H and O–H groups in total. The van der Waals surface area contributed by atoms with Crippen molar-refractivity contribution < 1.29 is 0 Å². The third-order valence-electron chi connectivity index (χ3n) is 2.48. The Hall–Kier alpha value is -1.96. The fourth-order valence-electron chi connectivity index (χ4n) is 1.72. The molecule has 16 heavy (non-hydrogen) atoms. The van der Waals surface area contributed by atoms with Crippen molar-refractivity contribution in [3.8, 4) is 0 Å². The molecule has 0 radical (unpaired) electrons. The lowest BCUT2D eigenvalue weighted by Crippen LogP contribution is -1.86. The first-order valence-corrected chi connectivity index (χ1v) is 5.27. The number of nitrogens with zero attached hydrogens (tertiary/aromatic N) is 2. The van der Waals surface area contributed by atoms with Crippen molar-refractivity contribution in [2.45, 2.75) is 13.8 Å². The van der Waals surface area contributed by atoms with Gasteiger partial charge in [0.25, 0.3) is 0 Å². The fraction of sp³-hybridized carbons (Fsp3) is 0.143. The van der Waals surface area contributed by atoms with Crippen molar-refractivity contribution in [1.29, 1.82) is 0 Å². The van der Waals surface area contributed by atoms with Crippen molar-refractivity contribution >= 4 is 28.9 Å². The van der Waals surface area contributed by atoms with Gasteiger partial charge in [0.05, 0.1) is 11.2 Å². The quantitative estimate of drug-likeness (QED) is 0.690. The number of hydrogen-bond donors (Lipinski definition) is 0. The standard InChI is InChI=1S/C14H14N2/c1-4-11-8-9-12-7-6-10(3)16-14(12)13(11)15-5-2/h4-9H,1H2,2-3H3/b15-5-. The number of aliphatic imine (C=N–C) groups is 1. The van der Waals surface area contributed by atoms with Crippen LogP contribution in [0.15, 0.2) is 35.8 Å². The molecule has 0 fully saturated rings. The fourth-order valence-corrected chi connectivity index (χ4v) is 1.72. The first-order valence-electron chi connectivity index (χ1n) is 5.27. The van der Waals surface area contributed by atoms with E-state index in [4.69, 9.17) is 0 Å².